The van der Waals surface area contributed by atoms with Crippen molar-refractivity contribution in [3.05, 3.63) is 129 Å². The van der Waals surface area contributed by atoms with Gasteiger partial charge in [-0.15, -0.1) is 0 Å². The zero-order valence-corrected chi connectivity index (χ0v) is 31.8. The number of nitrogens with zero attached hydrogens (tertiary/aromatic N) is 2. The standard InChI is InChI=1S/C44H52N6O2/c1-25(2)20-37-35(23-45)39(31-16-12-27(5)13-17-31)41(29(7)47-37)49-43(51)33-10-9-11-34(22-33)44(52)50-42-30(8)48-38(21-26(3)4)36(24-46)40(42)32-18-14-28(6)15-19-32/h9-19,22,25-26H,20-21,23-24,45-46H2,1-8H3,(H,49,51)(H,50,52). The van der Waals surface area contributed by atoms with E-state index in [9.17, 15) is 9.59 Å². The molecule has 8 nitrogen and oxygen atoms in total. The van der Waals surface area contributed by atoms with Crippen LogP contribution in [-0.2, 0) is 25.9 Å². The molecule has 5 aromatic rings. The lowest BCUT2D eigenvalue weighted by molar-refractivity contribution is 0.102. The molecule has 270 valence electrons. The number of aromatic nitrogens is 2. The van der Waals surface area contributed by atoms with Gasteiger partial charge in [-0.2, -0.15) is 0 Å². The van der Waals surface area contributed by atoms with Crippen LogP contribution in [-0.4, -0.2) is 21.8 Å². The predicted octanol–water partition coefficient (Wildman–Crippen LogP) is 8.86. The van der Waals surface area contributed by atoms with Crippen molar-refractivity contribution in [3.8, 4) is 22.3 Å². The minimum absolute atomic E-state index is 0.278. The molecule has 0 fully saturated rings. The Morgan fingerprint density at radius 1 is 0.596 bits per heavy atom. The van der Waals surface area contributed by atoms with Gasteiger partial charge in [-0.3, -0.25) is 19.6 Å². The molecule has 0 unspecified atom stereocenters. The Morgan fingerprint density at radius 3 is 1.29 bits per heavy atom. The summed E-state index contributed by atoms with van der Waals surface area (Å²) in [6, 6.07) is 23.2. The third-order valence-corrected chi connectivity index (χ3v) is 9.29. The lowest BCUT2D eigenvalue weighted by Gasteiger charge is -2.22. The SMILES string of the molecule is Cc1ccc(-c2c(CN)c(CC(C)C)nc(C)c2NC(=O)c2cccc(C(=O)Nc3c(C)nc(CC(C)C)c(CN)c3-c3ccc(C)cc3)c2)cc1. The highest BCUT2D eigenvalue weighted by atomic mass is 16.2. The first kappa shape index (κ1) is 38.1. The van der Waals surface area contributed by atoms with Gasteiger partial charge in [-0.25, -0.2) is 0 Å². The lowest BCUT2D eigenvalue weighted by Crippen LogP contribution is -2.20. The minimum atomic E-state index is -0.353. The van der Waals surface area contributed by atoms with Crippen molar-refractivity contribution in [1.82, 2.24) is 9.97 Å². The number of carbonyl (C=O) groups is 2. The first-order valence-electron chi connectivity index (χ1n) is 18.1. The Labute approximate surface area is 308 Å². The van der Waals surface area contributed by atoms with Gasteiger partial charge in [0.2, 0.25) is 0 Å². The van der Waals surface area contributed by atoms with E-state index in [-0.39, 0.29) is 24.9 Å². The normalized spacial score (nSPS) is 11.3. The highest BCUT2D eigenvalue weighted by Crippen LogP contribution is 2.38. The molecule has 52 heavy (non-hydrogen) atoms. The number of pyridine rings is 2. The molecule has 0 spiro atoms. The second-order valence-electron chi connectivity index (χ2n) is 14.6. The quantitative estimate of drug-likeness (QED) is 0.103. The fourth-order valence-electron chi connectivity index (χ4n) is 6.71. The van der Waals surface area contributed by atoms with Gasteiger partial charge in [0.25, 0.3) is 11.8 Å². The van der Waals surface area contributed by atoms with Crippen LogP contribution in [0.3, 0.4) is 0 Å². The van der Waals surface area contributed by atoms with Crippen LogP contribution in [0.4, 0.5) is 11.4 Å². The first-order chi connectivity index (χ1) is 24.8. The van der Waals surface area contributed by atoms with Crippen LogP contribution in [0.15, 0.2) is 72.8 Å². The van der Waals surface area contributed by atoms with E-state index < -0.39 is 0 Å². The molecular weight excluding hydrogens is 645 g/mol. The largest absolute Gasteiger partial charge is 0.326 e. The van der Waals surface area contributed by atoms with Crippen LogP contribution >= 0.6 is 0 Å². The summed E-state index contributed by atoms with van der Waals surface area (Å²) in [5, 5.41) is 6.30. The van der Waals surface area contributed by atoms with Gasteiger partial charge in [0.15, 0.2) is 0 Å². The smallest absolute Gasteiger partial charge is 0.255 e. The second kappa shape index (κ2) is 16.4. The molecule has 0 saturated carbocycles. The van der Waals surface area contributed by atoms with Crippen molar-refractivity contribution in [2.24, 2.45) is 23.3 Å². The predicted molar refractivity (Wildman–Crippen MR) is 214 cm³/mol. The number of benzene rings is 3. The van der Waals surface area contributed by atoms with E-state index in [1.807, 2.05) is 27.7 Å². The van der Waals surface area contributed by atoms with Crippen molar-refractivity contribution in [2.45, 2.75) is 81.3 Å². The van der Waals surface area contributed by atoms with Gasteiger partial charge >= 0.3 is 0 Å². The molecule has 0 aliphatic heterocycles. The van der Waals surface area contributed by atoms with E-state index in [1.165, 1.54) is 0 Å². The van der Waals surface area contributed by atoms with Crippen molar-refractivity contribution in [2.75, 3.05) is 10.6 Å². The zero-order chi connectivity index (χ0) is 37.7. The summed E-state index contributed by atoms with van der Waals surface area (Å²) in [6.45, 7) is 17.1. The highest BCUT2D eigenvalue weighted by molar-refractivity contribution is 6.11. The molecule has 5 rings (SSSR count). The van der Waals surface area contributed by atoms with Gasteiger partial charge in [0, 0.05) is 46.7 Å². The molecule has 0 bridgehead atoms. The third-order valence-electron chi connectivity index (χ3n) is 9.29. The van der Waals surface area contributed by atoms with Gasteiger partial charge in [0.1, 0.15) is 0 Å². The summed E-state index contributed by atoms with van der Waals surface area (Å²) in [4.78, 5) is 37.9. The van der Waals surface area contributed by atoms with Gasteiger partial charge in [0.05, 0.1) is 22.8 Å². The molecule has 8 heteroatoms. The van der Waals surface area contributed by atoms with E-state index in [0.717, 1.165) is 68.7 Å². The first-order valence-corrected chi connectivity index (χ1v) is 18.1. The molecule has 3 aromatic carbocycles. The number of rotatable bonds is 12. The molecule has 2 aromatic heterocycles. The summed E-state index contributed by atoms with van der Waals surface area (Å²) in [5.41, 5.74) is 25.7. The summed E-state index contributed by atoms with van der Waals surface area (Å²) < 4.78 is 0. The summed E-state index contributed by atoms with van der Waals surface area (Å²) >= 11 is 0. The molecule has 6 N–H and O–H groups in total. The topological polar surface area (TPSA) is 136 Å². The zero-order valence-electron chi connectivity index (χ0n) is 31.8. The van der Waals surface area contributed by atoms with Crippen LogP contribution in [0.25, 0.3) is 22.3 Å². The van der Waals surface area contributed by atoms with Crippen molar-refractivity contribution < 1.29 is 9.59 Å². The van der Waals surface area contributed by atoms with Crippen LogP contribution < -0.4 is 22.1 Å². The number of anilines is 2. The minimum Gasteiger partial charge on any atom is -0.326 e. The maximum atomic E-state index is 14.0. The van der Waals surface area contributed by atoms with Crippen molar-refractivity contribution in [1.29, 1.82) is 0 Å². The van der Waals surface area contributed by atoms with E-state index in [4.69, 9.17) is 21.4 Å². The van der Waals surface area contributed by atoms with Crippen molar-refractivity contribution in [3.63, 3.8) is 0 Å². The molecule has 0 aliphatic carbocycles. The summed E-state index contributed by atoms with van der Waals surface area (Å²) in [5.74, 6) is 0.0536. The highest BCUT2D eigenvalue weighted by Gasteiger charge is 2.24. The Balaban J connectivity index is 1.52. The molecule has 0 aliphatic rings. The monoisotopic (exact) mass is 696 g/mol. The van der Waals surface area contributed by atoms with Crippen LogP contribution in [0.5, 0.6) is 0 Å². The van der Waals surface area contributed by atoms with Gasteiger partial charge < -0.3 is 22.1 Å². The summed E-state index contributed by atoms with van der Waals surface area (Å²) in [7, 11) is 0. The van der Waals surface area contributed by atoms with Gasteiger partial charge in [-0.1, -0.05) is 93.4 Å². The molecule has 2 heterocycles. The Bertz CT molecular complexity index is 1940. The van der Waals surface area contributed by atoms with E-state index in [0.29, 0.717) is 45.7 Å². The number of hydrogen-bond donors (Lipinski definition) is 4. The third kappa shape index (κ3) is 8.47. The number of nitrogens with one attached hydrogen (secondary N) is 2. The Kier molecular flexibility index (Phi) is 12.0. The number of nitrogens with two attached hydrogens (primary N) is 2. The Morgan fingerprint density at radius 2 is 0.962 bits per heavy atom. The fraction of sp³-hybridized carbons (Fsp3) is 0.318. The molecule has 0 atom stereocenters. The molecule has 0 saturated heterocycles. The number of carbonyl (C=O) groups excluding carboxylic acids is 2. The maximum Gasteiger partial charge on any atom is 0.255 e. The molecular formula is C44H52N6O2. The van der Waals surface area contributed by atoms with Crippen molar-refractivity contribution >= 4 is 23.2 Å². The average Bonchev–Trinajstić information content (AvgIpc) is 3.10. The van der Waals surface area contributed by atoms with Crippen LogP contribution in [0.1, 0.15) is 93.4 Å². The van der Waals surface area contributed by atoms with Crippen LogP contribution in [0.2, 0.25) is 0 Å². The van der Waals surface area contributed by atoms with E-state index >= 15 is 0 Å². The van der Waals surface area contributed by atoms with Crippen LogP contribution in [0, 0.1) is 39.5 Å². The average molecular weight is 697 g/mol. The maximum absolute atomic E-state index is 14.0. The number of hydrogen-bond acceptors (Lipinski definition) is 6. The number of amides is 2. The van der Waals surface area contributed by atoms with E-state index in [2.05, 4.69) is 86.9 Å². The molecule has 0 radical (unpaired) electrons. The number of aryl methyl sites for hydroxylation is 4. The van der Waals surface area contributed by atoms with E-state index in [1.54, 1.807) is 24.3 Å². The molecule has 2 amide bonds. The second-order valence-corrected chi connectivity index (χ2v) is 14.6. The lowest BCUT2D eigenvalue weighted by atomic mass is 9.92. The fourth-order valence-corrected chi connectivity index (χ4v) is 6.71. The summed E-state index contributed by atoms with van der Waals surface area (Å²) in [6.07, 6.45) is 1.54. The van der Waals surface area contributed by atoms with Gasteiger partial charge in [-0.05, 0) is 92.8 Å². The Hall–Kier alpha value is -5.18.